The van der Waals surface area contributed by atoms with Gasteiger partial charge in [0, 0.05) is 29.9 Å². The molecule has 2 heteroatoms. The Balaban J connectivity index is 1.80. The Morgan fingerprint density at radius 3 is 1.90 bits per heavy atom. The zero-order valence-corrected chi connectivity index (χ0v) is 11.9. The van der Waals surface area contributed by atoms with Crippen molar-refractivity contribution < 1.29 is 9.53 Å². The van der Waals surface area contributed by atoms with Crippen LogP contribution in [0.25, 0.3) is 0 Å². The van der Waals surface area contributed by atoms with Gasteiger partial charge in [-0.25, -0.2) is 0 Å². The molecule has 0 unspecified atom stereocenters. The van der Waals surface area contributed by atoms with E-state index >= 15 is 0 Å². The molecule has 1 saturated carbocycles. The van der Waals surface area contributed by atoms with E-state index in [9.17, 15) is 4.79 Å². The number of benzene rings is 2. The van der Waals surface area contributed by atoms with Crippen molar-refractivity contribution in [1.82, 2.24) is 0 Å². The van der Waals surface area contributed by atoms with Crippen LogP contribution >= 0.6 is 0 Å². The molecular weight excluding hydrogens is 260 g/mol. The number of carbonyl (C=O) groups is 1. The molecule has 1 aliphatic carbocycles. The number of carbonyl (C=O) groups excluding carboxylic acids is 1. The molecule has 1 fully saturated rings. The maximum absolute atomic E-state index is 11.6. The smallest absolute Gasteiger partial charge is 0.132 e. The third-order valence-corrected chi connectivity index (χ3v) is 4.79. The SMILES string of the molecule is O=C1CCC(C2c3ccccc3Oc3ccccc32)CC1. The molecule has 0 radical (unpaired) electrons. The predicted octanol–water partition coefficient (Wildman–Crippen LogP) is 4.68. The summed E-state index contributed by atoms with van der Waals surface area (Å²) in [6.07, 6.45) is 3.44. The second kappa shape index (κ2) is 5.03. The van der Waals surface area contributed by atoms with Crippen LogP contribution in [0.3, 0.4) is 0 Å². The minimum atomic E-state index is 0.360. The fourth-order valence-electron chi connectivity index (χ4n) is 3.75. The van der Waals surface area contributed by atoms with Crippen LogP contribution in [0.5, 0.6) is 11.5 Å². The summed E-state index contributed by atoms with van der Waals surface area (Å²) in [5.41, 5.74) is 2.55. The standard InChI is InChI=1S/C19H18O2/c20-14-11-9-13(10-12-14)19-15-5-1-3-7-17(15)21-18-8-4-2-6-16(18)19/h1-8,13,19H,9-12H2. The number of rotatable bonds is 1. The Labute approximate surface area is 124 Å². The quantitative estimate of drug-likeness (QED) is 0.757. The monoisotopic (exact) mass is 278 g/mol. The fraction of sp³-hybridized carbons (Fsp3) is 0.316. The lowest BCUT2D eigenvalue weighted by atomic mass is 9.72. The Morgan fingerprint density at radius 1 is 0.810 bits per heavy atom. The summed E-state index contributed by atoms with van der Waals surface area (Å²) < 4.78 is 6.05. The van der Waals surface area contributed by atoms with E-state index in [0.717, 1.165) is 37.2 Å². The average Bonchev–Trinajstić information content (AvgIpc) is 2.53. The van der Waals surface area contributed by atoms with Gasteiger partial charge in [-0.2, -0.15) is 0 Å². The van der Waals surface area contributed by atoms with Gasteiger partial charge >= 0.3 is 0 Å². The van der Waals surface area contributed by atoms with E-state index in [1.165, 1.54) is 11.1 Å². The highest BCUT2D eigenvalue weighted by molar-refractivity contribution is 5.79. The van der Waals surface area contributed by atoms with E-state index in [2.05, 4.69) is 24.3 Å². The van der Waals surface area contributed by atoms with E-state index in [1.807, 2.05) is 24.3 Å². The van der Waals surface area contributed by atoms with E-state index in [-0.39, 0.29) is 0 Å². The molecule has 2 aliphatic rings. The molecule has 0 saturated heterocycles. The molecule has 0 spiro atoms. The summed E-state index contributed by atoms with van der Waals surface area (Å²) in [6, 6.07) is 16.6. The van der Waals surface area contributed by atoms with Crippen LogP contribution in [-0.2, 0) is 4.79 Å². The summed E-state index contributed by atoms with van der Waals surface area (Å²) in [7, 11) is 0. The van der Waals surface area contributed by atoms with Crippen molar-refractivity contribution in [1.29, 1.82) is 0 Å². The van der Waals surface area contributed by atoms with Crippen LogP contribution in [0, 0.1) is 5.92 Å². The molecule has 1 heterocycles. The third-order valence-electron chi connectivity index (χ3n) is 4.79. The van der Waals surface area contributed by atoms with E-state index in [1.54, 1.807) is 0 Å². The first-order valence-corrected chi connectivity index (χ1v) is 7.70. The Kier molecular flexibility index (Phi) is 3.03. The lowest BCUT2D eigenvalue weighted by molar-refractivity contribution is -0.121. The second-order valence-corrected chi connectivity index (χ2v) is 6.03. The van der Waals surface area contributed by atoms with Crippen molar-refractivity contribution in [2.24, 2.45) is 5.92 Å². The molecule has 0 atom stereocenters. The van der Waals surface area contributed by atoms with Gasteiger partial charge in [0.15, 0.2) is 0 Å². The molecule has 0 bridgehead atoms. The molecule has 2 aromatic rings. The van der Waals surface area contributed by atoms with Crippen molar-refractivity contribution in [3.8, 4) is 11.5 Å². The van der Waals surface area contributed by atoms with Gasteiger partial charge in [0.25, 0.3) is 0 Å². The summed E-state index contributed by atoms with van der Waals surface area (Å²) >= 11 is 0. The van der Waals surface area contributed by atoms with E-state index < -0.39 is 0 Å². The van der Waals surface area contributed by atoms with Crippen molar-refractivity contribution in [3.63, 3.8) is 0 Å². The number of ether oxygens (including phenoxy) is 1. The van der Waals surface area contributed by atoms with Crippen LogP contribution in [-0.4, -0.2) is 5.78 Å². The van der Waals surface area contributed by atoms with Crippen LogP contribution in [0.2, 0.25) is 0 Å². The Bertz CT molecular complexity index is 634. The first-order valence-electron chi connectivity index (χ1n) is 7.70. The highest BCUT2D eigenvalue weighted by Gasteiger charge is 2.34. The molecule has 21 heavy (non-hydrogen) atoms. The van der Waals surface area contributed by atoms with Gasteiger partial charge in [0.2, 0.25) is 0 Å². The van der Waals surface area contributed by atoms with Crippen molar-refractivity contribution >= 4 is 5.78 Å². The normalized spacial score (nSPS) is 18.8. The number of fused-ring (bicyclic) bond motifs is 2. The van der Waals surface area contributed by atoms with Crippen molar-refractivity contribution in [2.75, 3.05) is 0 Å². The minimum absolute atomic E-state index is 0.360. The maximum Gasteiger partial charge on any atom is 0.132 e. The van der Waals surface area contributed by atoms with Crippen LogP contribution < -0.4 is 4.74 Å². The molecule has 0 amide bonds. The first kappa shape index (κ1) is 12.6. The Morgan fingerprint density at radius 2 is 1.33 bits per heavy atom. The molecule has 2 aromatic carbocycles. The summed E-state index contributed by atoms with van der Waals surface area (Å²) in [6.45, 7) is 0. The van der Waals surface area contributed by atoms with Gasteiger partial charge in [0.05, 0.1) is 0 Å². The highest BCUT2D eigenvalue weighted by atomic mass is 16.5. The minimum Gasteiger partial charge on any atom is -0.457 e. The molecule has 0 aromatic heterocycles. The van der Waals surface area contributed by atoms with Gasteiger partial charge in [-0.1, -0.05) is 36.4 Å². The summed E-state index contributed by atoms with van der Waals surface area (Å²) in [4.78, 5) is 11.6. The molecule has 1 aliphatic heterocycles. The predicted molar refractivity (Wildman–Crippen MR) is 81.8 cm³/mol. The topological polar surface area (TPSA) is 26.3 Å². The van der Waals surface area contributed by atoms with Gasteiger partial charge < -0.3 is 4.74 Å². The molecular formula is C19H18O2. The van der Waals surface area contributed by atoms with Crippen LogP contribution in [0.1, 0.15) is 42.7 Å². The number of para-hydroxylation sites is 2. The third kappa shape index (κ3) is 2.15. The van der Waals surface area contributed by atoms with E-state index in [0.29, 0.717) is 17.6 Å². The van der Waals surface area contributed by atoms with Gasteiger partial charge in [-0.3, -0.25) is 4.79 Å². The zero-order chi connectivity index (χ0) is 14.2. The maximum atomic E-state index is 11.6. The van der Waals surface area contributed by atoms with Gasteiger partial charge in [0.1, 0.15) is 17.3 Å². The summed E-state index contributed by atoms with van der Waals surface area (Å²) in [5, 5.41) is 0. The highest BCUT2D eigenvalue weighted by Crippen LogP contribution is 2.50. The average molecular weight is 278 g/mol. The van der Waals surface area contributed by atoms with Crippen molar-refractivity contribution in [2.45, 2.75) is 31.6 Å². The van der Waals surface area contributed by atoms with Crippen LogP contribution in [0.4, 0.5) is 0 Å². The molecule has 106 valence electrons. The zero-order valence-electron chi connectivity index (χ0n) is 11.9. The largest absolute Gasteiger partial charge is 0.457 e. The van der Waals surface area contributed by atoms with Crippen molar-refractivity contribution in [3.05, 3.63) is 59.7 Å². The number of hydrogen-bond acceptors (Lipinski definition) is 2. The molecule has 2 nitrogen and oxygen atoms in total. The van der Waals surface area contributed by atoms with Gasteiger partial charge in [-0.15, -0.1) is 0 Å². The lowest BCUT2D eigenvalue weighted by Crippen LogP contribution is -2.23. The summed E-state index contributed by atoms with van der Waals surface area (Å²) in [5.74, 6) is 3.25. The first-order chi connectivity index (χ1) is 10.3. The molecule has 0 N–H and O–H groups in total. The fourth-order valence-corrected chi connectivity index (χ4v) is 3.75. The lowest BCUT2D eigenvalue weighted by Gasteiger charge is -2.35. The van der Waals surface area contributed by atoms with Gasteiger partial charge in [-0.05, 0) is 30.9 Å². The Hall–Kier alpha value is -2.09. The van der Waals surface area contributed by atoms with Crippen LogP contribution in [0.15, 0.2) is 48.5 Å². The van der Waals surface area contributed by atoms with E-state index in [4.69, 9.17) is 4.74 Å². The molecule has 4 rings (SSSR count). The number of hydrogen-bond donors (Lipinski definition) is 0. The second-order valence-electron chi connectivity index (χ2n) is 6.03. The number of ketones is 1. The number of Topliss-reactive ketones (excluding diaryl/α,β-unsaturated/α-hetero) is 1.